The van der Waals surface area contributed by atoms with Crippen molar-refractivity contribution in [2.75, 3.05) is 47.8 Å². The molecular weight excluding hydrogens is 414 g/mol. The highest BCUT2D eigenvalue weighted by molar-refractivity contribution is 6.10. The quantitative estimate of drug-likeness (QED) is 0.522. The van der Waals surface area contributed by atoms with E-state index in [1.54, 1.807) is 12.1 Å². The molecule has 4 rings (SSSR count). The smallest absolute Gasteiger partial charge is 0.258 e. The number of nitrogens with one attached hydrogen (secondary N) is 2. The number of para-hydroxylation sites is 1. The van der Waals surface area contributed by atoms with Crippen molar-refractivity contribution < 1.29 is 9.59 Å². The molecule has 3 aromatic rings. The second-order valence-electron chi connectivity index (χ2n) is 7.93. The average molecular weight is 444 g/mol. The molecule has 0 bridgehead atoms. The Morgan fingerprint density at radius 3 is 2.27 bits per heavy atom. The molecule has 33 heavy (non-hydrogen) atoms. The Balaban J connectivity index is 1.51. The van der Waals surface area contributed by atoms with Gasteiger partial charge in [-0.1, -0.05) is 36.4 Å². The standard InChI is InChI=1S/C26H29N5O2/c27-18-21-17-22(11-12-24(21)30-15-13-28-14-16-30)29-25(32)19-31(23-9-5-2-6-10-23)26(33)20-7-3-1-4-8-20/h1-12,17,28H,13-16,18-19,27H2,(H,29,32). The summed E-state index contributed by atoms with van der Waals surface area (Å²) in [4.78, 5) is 29.9. The highest BCUT2D eigenvalue weighted by atomic mass is 16.2. The molecule has 2 amide bonds. The van der Waals surface area contributed by atoms with Gasteiger partial charge in [-0.15, -0.1) is 0 Å². The predicted octanol–water partition coefficient (Wildman–Crippen LogP) is 2.84. The van der Waals surface area contributed by atoms with Crippen LogP contribution in [0.5, 0.6) is 0 Å². The topological polar surface area (TPSA) is 90.7 Å². The lowest BCUT2D eigenvalue weighted by molar-refractivity contribution is -0.114. The number of carbonyl (C=O) groups excluding carboxylic acids is 2. The number of nitrogens with two attached hydrogens (primary N) is 1. The Labute approximate surface area is 194 Å². The van der Waals surface area contributed by atoms with E-state index < -0.39 is 0 Å². The van der Waals surface area contributed by atoms with Gasteiger partial charge in [-0.2, -0.15) is 0 Å². The fraction of sp³-hybridized carbons (Fsp3) is 0.231. The SMILES string of the molecule is NCc1cc(NC(=O)CN(C(=O)c2ccccc2)c2ccccc2)ccc1N1CCNCC1. The third-order valence-electron chi connectivity index (χ3n) is 5.68. The van der Waals surface area contributed by atoms with Crippen LogP contribution in [0.2, 0.25) is 0 Å². The minimum atomic E-state index is -0.277. The maximum atomic E-state index is 13.2. The van der Waals surface area contributed by atoms with E-state index in [4.69, 9.17) is 5.73 Å². The highest BCUT2D eigenvalue weighted by Gasteiger charge is 2.21. The fourth-order valence-electron chi connectivity index (χ4n) is 4.01. The van der Waals surface area contributed by atoms with Gasteiger partial charge in [-0.25, -0.2) is 0 Å². The van der Waals surface area contributed by atoms with Crippen LogP contribution in [-0.2, 0) is 11.3 Å². The van der Waals surface area contributed by atoms with Crippen LogP contribution in [0.25, 0.3) is 0 Å². The van der Waals surface area contributed by atoms with E-state index in [1.165, 1.54) is 4.90 Å². The van der Waals surface area contributed by atoms with Crippen LogP contribution in [0.3, 0.4) is 0 Å². The van der Waals surface area contributed by atoms with E-state index in [0.29, 0.717) is 23.5 Å². The second kappa shape index (κ2) is 10.8. The van der Waals surface area contributed by atoms with Gasteiger partial charge in [0, 0.05) is 55.3 Å². The molecule has 1 aliphatic rings. The number of benzene rings is 3. The number of rotatable bonds is 7. The number of hydrogen-bond acceptors (Lipinski definition) is 5. The van der Waals surface area contributed by atoms with Crippen LogP contribution < -0.4 is 26.2 Å². The molecule has 0 aliphatic carbocycles. The Kier molecular flexibility index (Phi) is 7.34. The summed E-state index contributed by atoms with van der Waals surface area (Å²) in [6.07, 6.45) is 0. The van der Waals surface area contributed by atoms with Crippen molar-refractivity contribution in [3.05, 3.63) is 90.0 Å². The van der Waals surface area contributed by atoms with Crippen molar-refractivity contribution in [2.24, 2.45) is 5.73 Å². The third kappa shape index (κ3) is 5.58. The summed E-state index contributed by atoms with van der Waals surface area (Å²) in [6.45, 7) is 4.00. The van der Waals surface area contributed by atoms with Crippen molar-refractivity contribution in [1.82, 2.24) is 5.32 Å². The van der Waals surface area contributed by atoms with Crippen LogP contribution in [0, 0.1) is 0 Å². The number of carbonyl (C=O) groups is 2. The minimum absolute atomic E-state index is 0.102. The van der Waals surface area contributed by atoms with Crippen LogP contribution in [-0.4, -0.2) is 44.5 Å². The van der Waals surface area contributed by atoms with Gasteiger partial charge in [-0.05, 0) is 48.0 Å². The summed E-state index contributed by atoms with van der Waals surface area (Å²) in [6, 6.07) is 24.0. The first-order valence-corrected chi connectivity index (χ1v) is 11.2. The highest BCUT2D eigenvalue weighted by Crippen LogP contribution is 2.25. The molecule has 0 spiro atoms. The lowest BCUT2D eigenvalue weighted by Crippen LogP contribution is -2.44. The van der Waals surface area contributed by atoms with Gasteiger partial charge in [0.2, 0.25) is 5.91 Å². The molecule has 7 nitrogen and oxygen atoms in total. The Hall–Kier alpha value is -3.68. The first-order valence-electron chi connectivity index (χ1n) is 11.2. The van der Waals surface area contributed by atoms with Crippen molar-refractivity contribution >= 4 is 28.9 Å². The van der Waals surface area contributed by atoms with Crippen molar-refractivity contribution in [3.63, 3.8) is 0 Å². The van der Waals surface area contributed by atoms with Crippen LogP contribution >= 0.6 is 0 Å². The molecule has 4 N–H and O–H groups in total. The van der Waals surface area contributed by atoms with Gasteiger partial charge in [0.15, 0.2) is 0 Å². The maximum Gasteiger partial charge on any atom is 0.258 e. The van der Waals surface area contributed by atoms with E-state index >= 15 is 0 Å². The molecule has 0 unspecified atom stereocenters. The monoisotopic (exact) mass is 443 g/mol. The summed E-state index contributed by atoms with van der Waals surface area (Å²) in [5.41, 5.74) is 9.95. The Bertz CT molecular complexity index is 1080. The Morgan fingerprint density at radius 2 is 1.61 bits per heavy atom. The normalized spacial score (nSPS) is 13.4. The molecular formula is C26H29N5O2. The lowest BCUT2D eigenvalue weighted by atomic mass is 10.1. The van der Waals surface area contributed by atoms with E-state index in [9.17, 15) is 9.59 Å². The first-order chi connectivity index (χ1) is 16.2. The van der Waals surface area contributed by atoms with Crippen molar-refractivity contribution in [2.45, 2.75) is 6.54 Å². The summed E-state index contributed by atoms with van der Waals surface area (Å²) in [7, 11) is 0. The van der Waals surface area contributed by atoms with Crippen LogP contribution in [0.15, 0.2) is 78.9 Å². The van der Waals surface area contributed by atoms with Gasteiger partial charge in [0.25, 0.3) is 5.91 Å². The van der Waals surface area contributed by atoms with Crippen molar-refractivity contribution in [3.8, 4) is 0 Å². The number of amides is 2. The van der Waals surface area contributed by atoms with Crippen LogP contribution in [0.4, 0.5) is 17.1 Å². The number of anilines is 3. The molecule has 0 atom stereocenters. The summed E-state index contributed by atoms with van der Waals surface area (Å²) >= 11 is 0. The van der Waals surface area contributed by atoms with E-state index in [2.05, 4.69) is 15.5 Å². The number of nitrogens with zero attached hydrogens (tertiary/aromatic N) is 2. The minimum Gasteiger partial charge on any atom is -0.369 e. The molecule has 0 aromatic heterocycles. The number of piperazine rings is 1. The second-order valence-corrected chi connectivity index (χ2v) is 7.93. The average Bonchev–Trinajstić information content (AvgIpc) is 2.88. The van der Waals surface area contributed by atoms with E-state index in [-0.39, 0.29) is 18.4 Å². The molecule has 170 valence electrons. The third-order valence-corrected chi connectivity index (χ3v) is 5.68. The number of hydrogen-bond donors (Lipinski definition) is 3. The molecule has 1 heterocycles. The molecule has 1 aliphatic heterocycles. The largest absolute Gasteiger partial charge is 0.369 e. The molecule has 0 saturated carbocycles. The predicted molar refractivity (Wildman–Crippen MR) is 133 cm³/mol. The summed E-state index contributed by atoms with van der Waals surface area (Å²) in [5, 5.41) is 6.28. The molecule has 1 saturated heterocycles. The lowest BCUT2D eigenvalue weighted by Gasteiger charge is -2.31. The maximum absolute atomic E-state index is 13.2. The van der Waals surface area contributed by atoms with Crippen molar-refractivity contribution in [1.29, 1.82) is 0 Å². The van der Waals surface area contributed by atoms with Gasteiger partial charge >= 0.3 is 0 Å². The molecule has 1 fully saturated rings. The van der Waals surface area contributed by atoms with Gasteiger partial charge in [-0.3, -0.25) is 14.5 Å². The summed E-state index contributed by atoms with van der Waals surface area (Å²) < 4.78 is 0. The summed E-state index contributed by atoms with van der Waals surface area (Å²) in [5.74, 6) is -0.505. The van der Waals surface area contributed by atoms with Gasteiger partial charge in [0.05, 0.1) is 0 Å². The zero-order valence-electron chi connectivity index (χ0n) is 18.5. The molecule has 3 aromatic carbocycles. The van der Waals surface area contributed by atoms with E-state index in [0.717, 1.165) is 37.4 Å². The zero-order valence-corrected chi connectivity index (χ0v) is 18.5. The van der Waals surface area contributed by atoms with E-state index in [1.807, 2.05) is 66.7 Å². The van der Waals surface area contributed by atoms with Gasteiger partial charge in [0.1, 0.15) is 6.54 Å². The molecule has 7 heteroatoms. The molecule has 0 radical (unpaired) electrons. The van der Waals surface area contributed by atoms with Gasteiger partial charge < -0.3 is 21.3 Å². The fourth-order valence-corrected chi connectivity index (χ4v) is 4.01. The first kappa shape index (κ1) is 22.5. The Morgan fingerprint density at radius 1 is 0.939 bits per heavy atom. The zero-order chi connectivity index (χ0) is 23.0. The van der Waals surface area contributed by atoms with Crippen LogP contribution in [0.1, 0.15) is 15.9 Å².